The summed E-state index contributed by atoms with van der Waals surface area (Å²) in [5, 5.41) is -0.654. The second-order valence-electron chi connectivity index (χ2n) is 2.75. The van der Waals surface area contributed by atoms with E-state index in [4.69, 9.17) is 11.6 Å². The number of rotatable bonds is 2. The van der Waals surface area contributed by atoms with Crippen LogP contribution in [0.5, 0.6) is 0 Å². The first kappa shape index (κ1) is 12.3. The molecule has 0 heterocycles. The number of hydrogen-bond acceptors (Lipinski definition) is 2. The lowest BCUT2D eigenvalue weighted by molar-refractivity contribution is -0.137. The summed E-state index contributed by atoms with van der Waals surface area (Å²) < 4.78 is 58.7. The topological polar surface area (TPSA) is 34.1 Å². The summed E-state index contributed by atoms with van der Waals surface area (Å²) in [6.45, 7) is 0. The van der Waals surface area contributed by atoms with Crippen LogP contribution in [0.3, 0.4) is 0 Å². The smallest absolute Gasteiger partial charge is 0.222 e. The van der Waals surface area contributed by atoms with Gasteiger partial charge in [-0.1, -0.05) is 0 Å². The van der Waals surface area contributed by atoms with Gasteiger partial charge in [0, 0.05) is 0 Å². The molecule has 1 aromatic rings. The van der Waals surface area contributed by atoms with E-state index in [1.807, 2.05) is 0 Å². The maximum absolute atomic E-state index is 12.1. The molecule has 0 unspecified atom stereocenters. The van der Waals surface area contributed by atoms with Crippen molar-refractivity contribution in [3.8, 4) is 0 Å². The Morgan fingerprint density at radius 1 is 1.13 bits per heavy atom. The van der Waals surface area contributed by atoms with Crippen molar-refractivity contribution in [2.45, 2.75) is 11.1 Å². The second kappa shape index (κ2) is 4.02. The van der Waals surface area contributed by atoms with Gasteiger partial charge in [-0.3, -0.25) is 0 Å². The zero-order chi connectivity index (χ0) is 11.7. The van der Waals surface area contributed by atoms with Crippen LogP contribution in [-0.2, 0) is 16.0 Å². The molecule has 84 valence electrons. The fourth-order valence-electron chi connectivity index (χ4n) is 0.914. The van der Waals surface area contributed by atoms with Crippen molar-refractivity contribution >= 4 is 21.4 Å². The summed E-state index contributed by atoms with van der Waals surface area (Å²) >= 11 is 5.15. The zero-order valence-electron chi connectivity index (χ0n) is 7.25. The van der Waals surface area contributed by atoms with Crippen LogP contribution in [0, 0.1) is 0 Å². The SMILES string of the molecule is O=S(=O)(CCl)c1ccc(C(F)(F)F)cc1. The second-order valence-corrected chi connectivity index (χ2v) is 5.32. The highest BCUT2D eigenvalue weighted by Gasteiger charge is 2.30. The summed E-state index contributed by atoms with van der Waals surface area (Å²) in [5.74, 6) is 0. The number of sulfone groups is 1. The van der Waals surface area contributed by atoms with Crippen molar-refractivity contribution in [3.63, 3.8) is 0 Å². The minimum Gasteiger partial charge on any atom is -0.222 e. The van der Waals surface area contributed by atoms with Gasteiger partial charge >= 0.3 is 6.18 Å². The van der Waals surface area contributed by atoms with E-state index in [1.54, 1.807) is 0 Å². The van der Waals surface area contributed by atoms with Gasteiger partial charge in [0.1, 0.15) is 5.21 Å². The molecule has 0 amide bonds. The lowest BCUT2D eigenvalue weighted by Crippen LogP contribution is -2.06. The van der Waals surface area contributed by atoms with Crippen LogP contribution in [0.1, 0.15) is 5.56 Å². The van der Waals surface area contributed by atoms with Gasteiger partial charge in [0.2, 0.25) is 0 Å². The number of halogens is 4. The molecule has 0 aliphatic carbocycles. The molecule has 0 radical (unpaired) electrons. The lowest BCUT2D eigenvalue weighted by atomic mass is 10.2. The normalized spacial score (nSPS) is 12.8. The highest BCUT2D eigenvalue weighted by atomic mass is 35.5. The highest BCUT2D eigenvalue weighted by Crippen LogP contribution is 2.29. The van der Waals surface area contributed by atoms with Crippen LogP contribution in [0.15, 0.2) is 29.2 Å². The van der Waals surface area contributed by atoms with Crippen molar-refractivity contribution in [3.05, 3.63) is 29.8 Å². The Morgan fingerprint density at radius 3 is 1.93 bits per heavy atom. The van der Waals surface area contributed by atoms with Crippen LogP contribution >= 0.6 is 11.6 Å². The molecule has 0 saturated heterocycles. The molecule has 0 aromatic heterocycles. The van der Waals surface area contributed by atoms with Gasteiger partial charge in [-0.05, 0) is 24.3 Å². The van der Waals surface area contributed by atoms with E-state index in [9.17, 15) is 21.6 Å². The van der Waals surface area contributed by atoms with Crippen LogP contribution in [0.25, 0.3) is 0 Å². The van der Waals surface area contributed by atoms with Crippen molar-refractivity contribution < 1.29 is 21.6 Å². The molecule has 1 aromatic carbocycles. The Hall–Kier alpha value is -0.750. The van der Waals surface area contributed by atoms with Gasteiger partial charge in [0.15, 0.2) is 9.84 Å². The van der Waals surface area contributed by atoms with Crippen molar-refractivity contribution in [1.82, 2.24) is 0 Å². The number of alkyl halides is 4. The summed E-state index contributed by atoms with van der Waals surface area (Å²) in [4.78, 5) is -0.217. The predicted molar refractivity (Wildman–Crippen MR) is 49.3 cm³/mol. The summed E-state index contributed by atoms with van der Waals surface area (Å²) in [5.41, 5.74) is -0.893. The van der Waals surface area contributed by atoms with Crippen LogP contribution in [0.4, 0.5) is 13.2 Å². The molecule has 0 saturated carbocycles. The maximum Gasteiger partial charge on any atom is 0.416 e. The average molecular weight is 259 g/mol. The van der Waals surface area contributed by atoms with Crippen LogP contribution < -0.4 is 0 Å². The van der Waals surface area contributed by atoms with E-state index in [2.05, 4.69) is 0 Å². The predicted octanol–water partition coefficient (Wildman–Crippen LogP) is 2.68. The summed E-state index contributed by atoms with van der Waals surface area (Å²) in [7, 11) is -3.66. The first-order valence-electron chi connectivity index (χ1n) is 3.73. The Kier molecular flexibility index (Phi) is 3.30. The van der Waals surface area contributed by atoms with E-state index in [-0.39, 0.29) is 4.90 Å². The van der Waals surface area contributed by atoms with Crippen LogP contribution in [-0.4, -0.2) is 13.6 Å². The molecular weight excluding hydrogens is 253 g/mol. The zero-order valence-corrected chi connectivity index (χ0v) is 8.83. The summed E-state index contributed by atoms with van der Waals surface area (Å²) in [6, 6.07) is 3.19. The quantitative estimate of drug-likeness (QED) is 0.765. The van der Waals surface area contributed by atoms with Gasteiger partial charge in [0.25, 0.3) is 0 Å². The molecule has 0 fully saturated rings. The molecule has 0 bridgehead atoms. The fourth-order valence-corrected chi connectivity index (χ4v) is 1.97. The monoisotopic (exact) mass is 258 g/mol. The third kappa shape index (κ3) is 2.85. The first-order chi connectivity index (χ1) is 6.77. The molecule has 0 aliphatic rings. The third-order valence-corrected chi connectivity index (χ3v) is 3.82. The van der Waals surface area contributed by atoms with Crippen molar-refractivity contribution in [1.29, 1.82) is 0 Å². The Labute approximate surface area is 89.6 Å². The molecule has 0 spiro atoms. The largest absolute Gasteiger partial charge is 0.416 e. The Bertz CT molecular complexity index is 436. The van der Waals surface area contributed by atoms with E-state index < -0.39 is 26.8 Å². The Balaban J connectivity index is 3.12. The molecule has 1 rings (SSSR count). The van der Waals surface area contributed by atoms with Gasteiger partial charge in [-0.25, -0.2) is 8.42 Å². The molecule has 0 N–H and O–H groups in total. The van der Waals surface area contributed by atoms with E-state index in [0.717, 1.165) is 12.1 Å². The van der Waals surface area contributed by atoms with Gasteiger partial charge < -0.3 is 0 Å². The maximum atomic E-state index is 12.1. The molecule has 2 nitrogen and oxygen atoms in total. The van der Waals surface area contributed by atoms with E-state index in [1.165, 1.54) is 0 Å². The van der Waals surface area contributed by atoms with E-state index >= 15 is 0 Å². The highest BCUT2D eigenvalue weighted by molar-refractivity contribution is 7.92. The summed E-state index contributed by atoms with van der Waals surface area (Å²) in [6.07, 6.45) is -4.47. The lowest BCUT2D eigenvalue weighted by Gasteiger charge is -2.06. The fraction of sp³-hybridized carbons (Fsp3) is 0.250. The third-order valence-electron chi connectivity index (χ3n) is 1.68. The van der Waals surface area contributed by atoms with Crippen LogP contribution in [0.2, 0.25) is 0 Å². The molecule has 15 heavy (non-hydrogen) atoms. The van der Waals surface area contributed by atoms with E-state index in [0.29, 0.717) is 12.1 Å². The standard InChI is InChI=1S/C8H6ClF3O2S/c9-5-15(13,14)7-3-1-6(2-4-7)8(10,11)12/h1-4H,5H2. The minimum atomic E-state index is -4.47. The number of hydrogen-bond donors (Lipinski definition) is 0. The van der Waals surface area contributed by atoms with Crippen molar-refractivity contribution in [2.75, 3.05) is 5.21 Å². The molecular formula is C8H6ClF3O2S. The average Bonchev–Trinajstić information content (AvgIpc) is 2.17. The molecule has 7 heteroatoms. The van der Waals surface area contributed by atoms with Gasteiger partial charge in [0.05, 0.1) is 10.5 Å². The minimum absolute atomic E-state index is 0.217. The van der Waals surface area contributed by atoms with Gasteiger partial charge in [-0.15, -0.1) is 11.6 Å². The van der Waals surface area contributed by atoms with Gasteiger partial charge in [-0.2, -0.15) is 13.2 Å². The molecule has 0 aliphatic heterocycles. The first-order valence-corrected chi connectivity index (χ1v) is 5.92. The number of benzene rings is 1. The Morgan fingerprint density at radius 2 is 1.60 bits per heavy atom. The van der Waals surface area contributed by atoms with Crippen molar-refractivity contribution in [2.24, 2.45) is 0 Å². The molecule has 0 atom stereocenters.